The maximum atomic E-state index is 12.8. The fourth-order valence-corrected chi connectivity index (χ4v) is 3.71. The van der Waals surface area contributed by atoms with Gasteiger partial charge in [-0.1, -0.05) is 23.4 Å². The lowest BCUT2D eigenvalue weighted by Crippen LogP contribution is -2.51. The zero-order valence-corrected chi connectivity index (χ0v) is 15.5. The normalized spacial score (nSPS) is 19.4. The Morgan fingerprint density at radius 1 is 1.00 bits per heavy atom. The number of carbonyl (C=O) groups excluding carboxylic acids is 2. The van der Waals surface area contributed by atoms with Crippen molar-refractivity contribution in [1.29, 1.82) is 0 Å². The second kappa shape index (κ2) is 7.08. The van der Waals surface area contributed by atoms with Gasteiger partial charge in [0.25, 0.3) is 0 Å². The summed E-state index contributed by atoms with van der Waals surface area (Å²) in [7, 11) is 0. The van der Waals surface area contributed by atoms with Crippen LogP contribution in [0.3, 0.4) is 0 Å². The minimum atomic E-state index is -0.320. The lowest BCUT2D eigenvalue weighted by molar-refractivity contribution is -0.140. The van der Waals surface area contributed by atoms with Crippen LogP contribution in [0.4, 0.5) is 5.69 Å². The Labute approximate surface area is 166 Å². The molecule has 146 valence electrons. The summed E-state index contributed by atoms with van der Waals surface area (Å²) < 4.78 is 5.33. The van der Waals surface area contributed by atoms with Crippen molar-refractivity contribution in [2.24, 2.45) is 5.92 Å². The monoisotopic (exact) mass is 390 g/mol. The van der Waals surface area contributed by atoms with Gasteiger partial charge in [-0.3, -0.25) is 9.59 Å². The van der Waals surface area contributed by atoms with E-state index in [-0.39, 0.29) is 30.1 Å². The van der Waals surface area contributed by atoms with E-state index in [1.54, 1.807) is 28.3 Å². The van der Waals surface area contributed by atoms with Crippen molar-refractivity contribution in [3.05, 3.63) is 54.7 Å². The van der Waals surface area contributed by atoms with Crippen LogP contribution in [0.25, 0.3) is 11.6 Å². The van der Waals surface area contributed by atoms with Gasteiger partial charge < -0.3 is 14.3 Å². The van der Waals surface area contributed by atoms with Gasteiger partial charge in [0, 0.05) is 44.1 Å². The maximum Gasteiger partial charge on any atom is 0.240 e. The van der Waals surface area contributed by atoms with E-state index in [1.165, 1.54) is 0 Å². The number of rotatable bonds is 4. The van der Waals surface area contributed by atoms with E-state index in [4.69, 9.17) is 4.52 Å². The zero-order valence-electron chi connectivity index (χ0n) is 15.5. The summed E-state index contributed by atoms with van der Waals surface area (Å²) >= 11 is 0. The highest BCUT2D eigenvalue weighted by molar-refractivity contribution is 6.00. The fraction of sp³-hybridized carbons (Fsp3) is 0.300. The van der Waals surface area contributed by atoms with Crippen molar-refractivity contribution in [3.8, 4) is 11.6 Å². The molecule has 29 heavy (non-hydrogen) atoms. The first-order chi connectivity index (χ1) is 14.2. The average Bonchev–Trinajstić information content (AvgIpc) is 3.35. The topological polar surface area (TPSA) is 105 Å². The molecule has 2 fully saturated rings. The summed E-state index contributed by atoms with van der Waals surface area (Å²) in [5.74, 6) is 0.872. The highest BCUT2D eigenvalue weighted by Crippen LogP contribution is 2.31. The van der Waals surface area contributed by atoms with Crippen LogP contribution in [0.1, 0.15) is 18.2 Å². The molecule has 2 aliphatic rings. The van der Waals surface area contributed by atoms with Crippen LogP contribution in [0, 0.1) is 5.92 Å². The van der Waals surface area contributed by atoms with Crippen molar-refractivity contribution < 1.29 is 14.1 Å². The lowest BCUT2D eigenvalue weighted by Gasteiger charge is -2.38. The van der Waals surface area contributed by atoms with E-state index in [2.05, 4.69) is 20.1 Å². The van der Waals surface area contributed by atoms with Gasteiger partial charge in [-0.25, -0.2) is 9.97 Å². The predicted molar refractivity (Wildman–Crippen MR) is 102 cm³/mol. The molecule has 2 aliphatic heterocycles. The minimum absolute atomic E-state index is 0.000775. The molecule has 1 atom stereocenters. The van der Waals surface area contributed by atoms with E-state index in [0.29, 0.717) is 37.2 Å². The highest BCUT2D eigenvalue weighted by Gasteiger charge is 2.42. The van der Waals surface area contributed by atoms with Crippen LogP contribution < -0.4 is 4.90 Å². The number of amides is 2. The minimum Gasteiger partial charge on any atom is -0.341 e. The first kappa shape index (κ1) is 17.5. The van der Waals surface area contributed by atoms with Crippen LogP contribution in [-0.4, -0.2) is 56.5 Å². The Balaban J connectivity index is 1.20. The number of likely N-dealkylation sites (tertiary alicyclic amines) is 1. The molecule has 0 aliphatic carbocycles. The van der Waals surface area contributed by atoms with E-state index >= 15 is 0 Å². The quantitative estimate of drug-likeness (QED) is 0.665. The molecule has 0 unspecified atom stereocenters. The van der Waals surface area contributed by atoms with Crippen molar-refractivity contribution in [2.45, 2.75) is 12.3 Å². The Bertz CT molecular complexity index is 1030. The van der Waals surface area contributed by atoms with Crippen LogP contribution in [-0.2, 0) is 9.59 Å². The third-order valence-electron chi connectivity index (χ3n) is 5.29. The number of hydrogen-bond acceptors (Lipinski definition) is 7. The number of anilines is 1. The van der Waals surface area contributed by atoms with Crippen LogP contribution >= 0.6 is 0 Å². The third-order valence-corrected chi connectivity index (χ3v) is 5.29. The van der Waals surface area contributed by atoms with Crippen molar-refractivity contribution in [3.63, 3.8) is 0 Å². The van der Waals surface area contributed by atoms with Gasteiger partial charge in [-0.2, -0.15) is 4.98 Å². The SMILES string of the molecule is O=C([C@H]1CC(=O)N(c2ccccc2)C1)N1CC(c2nc(-c3ncccn3)no2)C1. The second-order valence-electron chi connectivity index (χ2n) is 7.21. The molecule has 5 rings (SSSR count). The molecule has 2 saturated heterocycles. The molecule has 0 radical (unpaired) electrons. The molecule has 0 N–H and O–H groups in total. The van der Waals surface area contributed by atoms with Crippen molar-refractivity contribution >= 4 is 17.5 Å². The lowest BCUT2D eigenvalue weighted by atomic mass is 9.96. The summed E-state index contributed by atoms with van der Waals surface area (Å²) in [6.45, 7) is 1.43. The van der Waals surface area contributed by atoms with Gasteiger partial charge in [0.1, 0.15) is 0 Å². The molecule has 1 aromatic carbocycles. The summed E-state index contributed by atoms with van der Waals surface area (Å²) in [5, 5.41) is 3.92. The standard InChI is InChI=1S/C20H18N6O3/c27-16-9-13(12-26(16)15-5-2-1-3-6-15)20(28)25-10-14(11-25)19-23-18(24-29-19)17-21-7-4-8-22-17/h1-8,13-14H,9-12H2/t13-/m0/s1. The van der Waals surface area contributed by atoms with Crippen LogP contribution in [0.15, 0.2) is 53.3 Å². The molecule has 9 heteroatoms. The Morgan fingerprint density at radius 3 is 2.52 bits per heavy atom. The van der Waals surface area contributed by atoms with Gasteiger partial charge in [0.15, 0.2) is 0 Å². The van der Waals surface area contributed by atoms with Gasteiger partial charge in [-0.05, 0) is 18.2 Å². The molecule has 2 amide bonds. The van der Waals surface area contributed by atoms with Crippen LogP contribution in [0.5, 0.6) is 0 Å². The Kier molecular flexibility index (Phi) is 4.27. The van der Waals surface area contributed by atoms with Gasteiger partial charge in [-0.15, -0.1) is 0 Å². The molecule has 0 bridgehead atoms. The average molecular weight is 390 g/mol. The number of benzene rings is 1. The molecule has 2 aromatic heterocycles. The summed E-state index contributed by atoms with van der Waals surface area (Å²) in [5.41, 5.74) is 0.829. The Morgan fingerprint density at radius 2 is 1.76 bits per heavy atom. The second-order valence-corrected chi connectivity index (χ2v) is 7.21. The van der Waals surface area contributed by atoms with E-state index < -0.39 is 0 Å². The van der Waals surface area contributed by atoms with E-state index in [1.807, 2.05) is 30.3 Å². The smallest absolute Gasteiger partial charge is 0.240 e. The van der Waals surface area contributed by atoms with E-state index in [0.717, 1.165) is 5.69 Å². The first-order valence-electron chi connectivity index (χ1n) is 9.44. The number of carbonyl (C=O) groups is 2. The van der Waals surface area contributed by atoms with Gasteiger partial charge in [0.2, 0.25) is 29.4 Å². The molecule has 0 saturated carbocycles. The van der Waals surface area contributed by atoms with Gasteiger partial charge >= 0.3 is 0 Å². The molecule has 3 aromatic rings. The highest BCUT2D eigenvalue weighted by atomic mass is 16.5. The van der Waals surface area contributed by atoms with Crippen molar-refractivity contribution in [1.82, 2.24) is 25.0 Å². The molecule has 0 spiro atoms. The van der Waals surface area contributed by atoms with Gasteiger partial charge in [0.05, 0.1) is 11.8 Å². The molecular weight excluding hydrogens is 372 g/mol. The molecule has 9 nitrogen and oxygen atoms in total. The summed E-state index contributed by atoms with van der Waals surface area (Å²) in [6.07, 6.45) is 3.47. The maximum absolute atomic E-state index is 12.8. The van der Waals surface area contributed by atoms with Crippen LogP contribution in [0.2, 0.25) is 0 Å². The zero-order chi connectivity index (χ0) is 19.8. The fourth-order valence-electron chi connectivity index (χ4n) is 3.71. The molecular formula is C20H18N6O3. The first-order valence-corrected chi connectivity index (χ1v) is 9.44. The number of hydrogen-bond donors (Lipinski definition) is 0. The number of nitrogens with zero attached hydrogens (tertiary/aromatic N) is 6. The number of aromatic nitrogens is 4. The van der Waals surface area contributed by atoms with E-state index in [9.17, 15) is 9.59 Å². The third kappa shape index (κ3) is 3.24. The number of para-hydroxylation sites is 1. The predicted octanol–water partition coefficient (Wildman–Crippen LogP) is 1.51. The largest absolute Gasteiger partial charge is 0.341 e. The Hall–Kier alpha value is -3.62. The summed E-state index contributed by atoms with van der Waals surface area (Å²) in [4.78, 5) is 41.2. The summed E-state index contributed by atoms with van der Waals surface area (Å²) in [6, 6.07) is 11.2. The van der Waals surface area contributed by atoms with Crippen molar-refractivity contribution in [2.75, 3.05) is 24.5 Å². The molecule has 4 heterocycles.